The van der Waals surface area contributed by atoms with E-state index in [1.807, 2.05) is 0 Å². The quantitative estimate of drug-likeness (QED) is 0.815. The van der Waals surface area contributed by atoms with E-state index < -0.39 is 11.8 Å². The highest BCUT2D eigenvalue weighted by Gasteiger charge is 2.17. The van der Waals surface area contributed by atoms with Gasteiger partial charge in [-0.2, -0.15) is 5.10 Å². The third-order valence-electron chi connectivity index (χ3n) is 2.21. The molecule has 0 fully saturated rings. The van der Waals surface area contributed by atoms with E-state index in [0.29, 0.717) is 5.69 Å². The number of carbonyl (C=O) groups is 1. The standard InChI is InChI=1S/C11H9FN2O2/c1-6-5-9(14-13-6)10-7(11(15)16)3-2-4-8(10)12/h2-5H,1H3,(H,13,14)(H,15,16). The summed E-state index contributed by atoms with van der Waals surface area (Å²) < 4.78 is 13.6. The summed E-state index contributed by atoms with van der Waals surface area (Å²) in [6.07, 6.45) is 0. The van der Waals surface area contributed by atoms with Gasteiger partial charge in [0, 0.05) is 5.69 Å². The highest BCUT2D eigenvalue weighted by atomic mass is 19.1. The maximum absolute atomic E-state index is 13.6. The fourth-order valence-electron chi connectivity index (χ4n) is 1.51. The Hall–Kier alpha value is -2.17. The second kappa shape index (κ2) is 3.77. The van der Waals surface area contributed by atoms with Crippen LogP contribution in [0.2, 0.25) is 0 Å². The Labute approximate surface area is 90.7 Å². The summed E-state index contributed by atoms with van der Waals surface area (Å²) in [4.78, 5) is 10.9. The number of carboxylic acids is 1. The van der Waals surface area contributed by atoms with E-state index in [-0.39, 0.29) is 11.1 Å². The van der Waals surface area contributed by atoms with Gasteiger partial charge in [0.2, 0.25) is 0 Å². The minimum Gasteiger partial charge on any atom is -0.478 e. The Balaban J connectivity index is 2.67. The van der Waals surface area contributed by atoms with Crippen molar-refractivity contribution >= 4 is 5.97 Å². The summed E-state index contributed by atoms with van der Waals surface area (Å²) in [7, 11) is 0. The number of aromatic amines is 1. The molecule has 0 aliphatic carbocycles. The van der Waals surface area contributed by atoms with Crippen molar-refractivity contribution in [2.45, 2.75) is 6.92 Å². The molecule has 0 radical (unpaired) electrons. The third-order valence-corrected chi connectivity index (χ3v) is 2.21. The highest BCUT2D eigenvalue weighted by Crippen LogP contribution is 2.25. The van der Waals surface area contributed by atoms with Crippen molar-refractivity contribution in [2.75, 3.05) is 0 Å². The van der Waals surface area contributed by atoms with Crippen molar-refractivity contribution in [2.24, 2.45) is 0 Å². The van der Waals surface area contributed by atoms with Crippen LogP contribution in [0.1, 0.15) is 16.1 Å². The molecule has 0 atom stereocenters. The SMILES string of the molecule is Cc1cc(-c2c(F)cccc2C(=O)O)n[nH]1. The average molecular weight is 220 g/mol. The molecule has 1 aromatic heterocycles. The zero-order valence-electron chi connectivity index (χ0n) is 8.49. The van der Waals surface area contributed by atoms with E-state index in [1.165, 1.54) is 18.2 Å². The molecule has 16 heavy (non-hydrogen) atoms. The zero-order valence-corrected chi connectivity index (χ0v) is 8.49. The van der Waals surface area contributed by atoms with E-state index in [0.717, 1.165) is 5.69 Å². The molecule has 1 heterocycles. The number of aromatic nitrogens is 2. The first-order chi connectivity index (χ1) is 7.59. The minimum atomic E-state index is -1.17. The predicted octanol–water partition coefficient (Wildman–Crippen LogP) is 2.22. The van der Waals surface area contributed by atoms with Gasteiger partial charge in [-0.1, -0.05) is 6.07 Å². The number of hydrogen-bond donors (Lipinski definition) is 2. The number of carboxylic acid groups (broad SMARTS) is 1. The summed E-state index contributed by atoms with van der Waals surface area (Å²) in [5, 5.41) is 15.5. The normalized spacial score (nSPS) is 10.4. The van der Waals surface area contributed by atoms with Crippen molar-refractivity contribution in [3.8, 4) is 11.3 Å². The van der Waals surface area contributed by atoms with E-state index in [4.69, 9.17) is 5.11 Å². The lowest BCUT2D eigenvalue weighted by Gasteiger charge is -2.03. The zero-order chi connectivity index (χ0) is 11.7. The summed E-state index contributed by atoms with van der Waals surface area (Å²) >= 11 is 0. The fraction of sp³-hybridized carbons (Fsp3) is 0.0909. The first kappa shape index (κ1) is 10.4. The summed E-state index contributed by atoms with van der Waals surface area (Å²) in [6, 6.07) is 5.53. The lowest BCUT2D eigenvalue weighted by Crippen LogP contribution is -2.01. The number of nitrogens with one attached hydrogen (secondary N) is 1. The number of benzene rings is 1. The van der Waals surface area contributed by atoms with Crippen LogP contribution < -0.4 is 0 Å². The van der Waals surface area contributed by atoms with Crippen molar-refractivity contribution in [3.05, 3.63) is 41.3 Å². The van der Waals surface area contributed by atoms with Gasteiger partial charge in [0.25, 0.3) is 0 Å². The number of aryl methyl sites for hydroxylation is 1. The molecule has 4 nitrogen and oxygen atoms in total. The number of nitrogens with zero attached hydrogens (tertiary/aromatic N) is 1. The van der Waals surface area contributed by atoms with Crippen LogP contribution in [0.3, 0.4) is 0 Å². The molecular weight excluding hydrogens is 211 g/mol. The molecule has 0 saturated heterocycles. The van der Waals surface area contributed by atoms with Crippen molar-refractivity contribution in [1.29, 1.82) is 0 Å². The van der Waals surface area contributed by atoms with Gasteiger partial charge < -0.3 is 5.11 Å². The van der Waals surface area contributed by atoms with Crippen LogP contribution in [0.15, 0.2) is 24.3 Å². The molecule has 2 N–H and O–H groups in total. The lowest BCUT2D eigenvalue weighted by atomic mass is 10.0. The second-order valence-electron chi connectivity index (χ2n) is 3.40. The third kappa shape index (κ3) is 1.67. The first-order valence-electron chi connectivity index (χ1n) is 4.64. The average Bonchev–Trinajstić information content (AvgIpc) is 2.64. The van der Waals surface area contributed by atoms with Crippen LogP contribution in [-0.4, -0.2) is 21.3 Å². The largest absolute Gasteiger partial charge is 0.478 e. The molecule has 0 spiro atoms. The van der Waals surface area contributed by atoms with Crippen LogP contribution in [-0.2, 0) is 0 Å². The van der Waals surface area contributed by atoms with Gasteiger partial charge in [-0.15, -0.1) is 0 Å². The van der Waals surface area contributed by atoms with Gasteiger partial charge in [0.05, 0.1) is 16.8 Å². The van der Waals surface area contributed by atoms with E-state index in [9.17, 15) is 9.18 Å². The lowest BCUT2D eigenvalue weighted by molar-refractivity contribution is 0.0697. The Morgan fingerprint density at radius 3 is 2.81 bits per heavy atom. The number of halogens is 1. The van der Waals surface area contributed by atoms with Gasteiger partial charge in [0.15, 0.2) is 0 Å². The van der Waals surface area contributed by atoms with Gasteiger partial charge in [-0.05, 0) is 25.1 Å². The molecule has 0 aliphatic rings. The van der Waals surface area contributed by atoms with E-state index in [1.54, 1.807) is 13.0 Å². The maximum Gasteiger partial charge on any atom is 0.336 e. The van der Waals surface area contributed by atoms with Crippen molar-refractivity contribution in [1.82, 2.24) is 10.2 Å². The molecule has 82 valence electrons. The second-order valence-corrected chi connectivity index (χ2v) is 3.40. The molecule has 5 heteroatoms. The smallest absolute Gasteiger partial charge is 0.336 e. The Morgan fingerprint density at radius 1 is 1.50 bits per heavy atom. The Bertz CT molecular complexity index is 549. The minimum absolute atomic E-state index is 0.0133. The number of hydrogen-bond acceptors (Lipinski definition) is 2. The van der Waals surface area contributed by atoms with Crippen LogP contribution >= 0.6 is 0 Å². The molecule has 0 aliphatic heterocycles. The number of H-pyrrole nitrogens is 1. The van der Waals surface area contributed by atoms with Crippen LogP contribution in [0.5, 0.6) is 0 Å². The number of aromatic carboxylic acids is 1. The molecule has 2 aromatic rings. The first-order valence-corrected chi connectivity index (χ1v) is 4.64. The van der Waals surface area contributed by atoms with Gasteiger partial charge in [-0.25, -0.2) is 9.18 Å². The molecule has 1 aromatic carbocycles. The number of rotatable bonds is 2. The summed E-state index contributed by atoms with van der Waals surface area (Å²) in [5.41, 5.74) is 0.966. The fourth-order valence-corrected chi connectivity index (χ4v) is 1.51. The monoisotopic (exact) mass is 220 g/mol. The molecule has 0 amide bonds. The van der Waals surface area contributed by atoms with Crippen molar-refractivity contribution < 1.29 is 14.3 Å². The Kier molecular flexibility index (Phi) is 2.44. The molecule has 2 rings (SSSR count). The maximum atomic E-state index is 13.6. The van der Waals surface area contributed by atoms with Crippen LogP contribution in [0.25, 0.3) is 11.3 Å². The predicted molar refractivity (Wildman–Crippen MR) is 55.7 cm³/mol. The van der Waals surface area contributed by atoms with E-state index in [2.05, 4.69) is 10.2 Å². The van der Waals surface area contributed by atoms with Crippen LogP contribution in [0.4, 0.5) is 4.39 Å². The van der Waals surface area contributed by atoms with E-state index >= 15 is 0 Å². The Morgan fingerprint density at radius 2 is 2.25 bits per heavy atom. The molecular formula is C11H9FN2O2. The van der Waals surface area contributed by atoms with Crippen molar-refractivity contribution in [3.63, 3.8) is 0 Å². The van der Waals surface area contributed by atoms with Gasteiger partial charge in [0.1, 0.15) is 5.82 Å². The van der Waals surface area contributed by atoms with Gasteiger partial charge >= 0.3 is 5.97 Å². The topological polar surface area (TPSA) is 66.0 Å². The van der Waals surface area contributed by atoms with Gasteiger partial charge in [-0.3, -0.25) is 5.10 Å². The molecule has 0 bridgehead atoms. The molecule has 0 saturated carbocycles. The highest BCUT2D eigenvalue weighted by molar-refractivity contribution is 5.95. The summed E-state index contributed by atoms with van der Waals surface area (Å²) in [5.74, 6) is -1.76. The molecule has 0 unspecified atom stereocenters. The summed E-state index contributed by atoms with van der Waals surface area (Å²) in [6.45, 7) is 1.76. The van der Waals surface area contributed by atoms with Crippen LogP contribution in [0, 0.1) is 12.7 Å².